The third-order valence-corrected chi connectivity index (χ3v) is 4.75. The van der Waals surface area contributed by atoms with Crippen molar-refractivity contribution in [3.8, 4) is 5.75 Å². The normalized spacial score (nSPS) is 10.5. The summed E-state index contributed by atoms with van der Waals surface area (Å²) < 4.78 is 5.82. The molecule has 6 nitrogen and oxygen atoms in total. The van der Waals surface area contributed by atoms with Gasteiger partial charge in [-0.05, 0) is 42.0 Å². The predicted molar refractivity (Wildman–Crippen MR) is 129 cm³/mol. The fourth-order valence-electron chi connectivity index (χ4n) is 2.94. The third kappa shape index (κ3) is 7.47. The highest BCUT2D eigenvalue weighted by molar-refractivity contribution is 5.94. The lowest BCUT2D eigenvalue weighted by molar-refractivity contribution is -0.119. The quantitative estimate of drug-likeness (QED) is 0.424. The maximum Gasteiger partial charge on any atom is 0.243 e. The Balaban J connectivity index is 1.43. The zero-order valence-electron chi connectivity index (χ0n) is 18.4. The Hall–Kier alpha value is -3.80. The molecule has 0 aliphatic carbocycles. The van der Waals surface area contributed by atoms with Crippen molar-refractivity contribution < 1.29 is 14.3 Å². The van der Waals surface area contributed by atoms with Crippen LogP contribution in [0.1, 0.15) is 19.4 Å². The Morgan fingerprint density at radius 2 is 1.53 bits per heavy atom. The highest BCUT2D eigenvalue weighted by Gasteiger charge is 2.07. The van der Waals surface area contributed by atoms with E-state index in [1.807, 2.05) is 68.4 Å². The van der Waals surface area contributed by atoms with Crippen molar-refractivity contribution in [3.05, 3.63) is 84.4 Å². The molecule has 3 aromatic carbocycles. The van der Waals surface area contributed by atoms with Gasteiger partial charge in [-0.1, -0.05) is 50.2 Å². The van der Waals surface area contributed by atoms with Crippen LogP contribution < -0.4 is 20.7 Å². The summed E-state index contributed by atoms with van der Waals surface area (Å²) in [5.41, 5.74) is 3.42. The summed E-state index contributed by atoms with van der Waals surface area (Å²) in [6.07, 6.45) is 0.821. The van der Waals surface area contributed by atoms with E-state index < -0.39 is 0 Å². The van der Waals surface area contributed by atoms with E-state index in [1.54, 1.807) is 12.1 Å². The Morgan fingerprint density at radius 3 is 2.25 bits per heavy atom. The van der Waals surface area contributed by atoms with E-state index in [0.717, 1.165) is 17.8 Å². The smallest absolute Gasteiger partial charge is 0.243 e. The molecular weight excluding hydrogens is 402 g/mol. The first kappa shape index (κ1) is 22.9. The first-order valence-electron chi connectivity index (χ1n) is 10.7. The van der Waals surface area contributed by atoms with Crippen LogP contribution in [-0.4, -0.2) is 25.0 Å². The van der Waals surface area contributed by atoms with E-state index in [1.165, 1.54) is 5.56 Å². The molecule has 0 spiro atoms. The molecule has 0 unspecified atom stereocenters. The van der Waals surface area contributed by atoms with Crippen LogP contribution in [0.5, 0.6) is 5.75 Å². The summed E-state index contributed by atoms with van der Waals surface area (Å²) in [7, 11) is 0. The fraction of sp³-hybridized carbons (Fsp3) is 0.231. The molecular formula is C26H29N3O3. The van der Waals surface area contributed by atoms with Gasteiger partial charge in [-0.2, -0.15) is 0 Å². The summed E-state index contributed by atoms with van der Waals surface area (Å²) in [5.74, 6) is 0.440. The fourth-order valence-corrected chi connectivity index (χ4v) is 2.94. The van der Waals surface area contributed by atoms with Gasteiger partial charge in [0.25, 0.3) is 0 Å². The van der Waals surface area contributed by atoms with Gasteiger partial charge in [-0.25, -0.2) is 0 Å². The Bertz CT molecular complexity index is 1020. The van der Waals surface area contributed by atoms with Gasteiger partial charge in [0.15, 0.2) is 0 Å². The molecule has 6 heteroatoms. The van der Waals surface area contributed by atoms with Crippen LogP contribution in [0.25, 0.3) is 0 Å². The van der Waals surface area contributed by atoms with Crippen molar-refractivity contribution in [3.63, 3.8) is 0 Å². The van der Waals surface area contributed by atoms with E-state index in [0.29, 0.717) is 18.0 Å². The number of amides is 2. The zero-order chi connectivity index (χ0) is 22.8. The lowest BCUT2D eigenvalue weighted by Crippen LogP contribution is -2.21. The lowest BCUT2D eigenvalue weighted by Gasteiger charge is -2.11. The molecule has 0 aliphatic heterocycles. The van der Waals surface area contributed by atoms with Crippen molar-refractivity contribution in [2.24, 2.45) is 5.92 Å². The van der Waals surface area contributed by atoms with Crippen LogP contribution in [-0.2, 0) is 16.0 Å². The van der Waals surface area contributed by atoms with Gasteiger partial charge in [-0.15, -0.1) is 0 Å². The van der Waals surface area contributed by atoms with Crippen LogP contribution in [0, 0.1) is 5.92 Å². The summed E-state index contributed by atoms with van der Waals surface area (Å²) in [6.45, 7) is 4.38. The molecule has 3 N–H and O–H groups in total. The molecule has 0 aromatic heterocycles. The lowest BCUT2D eigenvalue weighted by atomic mass is 10.2. The van der Waals surface area contributed by atoms with Crippen LogP contribution >= 0.6 is 0 Å². The van der Waals surface area contributed by atoms with Gasteiger partial charge < -0.3 is 20.7 Å². The number of nitrogens with one attached hydrogen (secondary N) is 3. The molecule has 3 rings (SSSR count). The molecule has 0 fully saturated rings. The van der Waals surface area contributed by atoms with Gasteiger partial charge in [0, 0.05) is 35.5 Å². The van der Waals surface area contributed by atoms with Crippen molar-refractivity contribution in [2.75, 3.05) is 29.1 Å². The average molecular weight is 432 g/mol. The maximum absolute atomic E-state index is 12.3. The van der Waals surface area contributed by atoms with E-state index in [-0.39, 0.29) is 24.3 Å². The van der Waals surface area contributed by atoms with Gasteiger partial charge >= 0.3 is 0 Å². The molecule has 2 amide bonds. The Morgan fingerprint density at radius 1 is 0.812 bits per heavy atom. The SMILES string of the molecule is CC(C)C(=O)Nc1ccc(NCC(=O)Nc2cccc(OCCc3ccccc3)c2)cc1. The molecule has 0 aliphatic rings. The number of hydrogen-bond donors (Lipinski definition) is 3. The van der Waals surface area contributed by atoms with Crippen LogP contribution in [0.4, 0.5) is 17.1 Å². The standard InChI is InChI=1S/C26H29N3O3/c1-19(2)26(31)29-22-13-11-21(12-14-22)27-18-25(30)28-23-9-6-10-24(17-23)32-16-15-20-7-4-3-5-8-20/h3-14,17,19,27H,15-16,18H2,1-2H3,(H,28,30)(H,29,31). The van der Waals surface area contributed by atoms with Gasteiger partial charge in [0.1, 0.15) is 5.75 Å². The number of anilines is 3. The number of carbonyl (C=O) groups excluding carboxylic acids is 2. The maximum atomic E-state index is 12.3. The zero-order valence-corrected chi connectivity index (χ0v) is 18.4. The van der Waals surface area contributed by atoms with E-state index in [2.05, 4.69) is 28.1 Å². The minimum atomic E-state index is -0.163. The van der Waals surface area contributed by atoms with E-state index in [9.17, 15) is 9.59 Å². The molecule has 0 bridgehead atoms. The van der Waals surface area contributed by atoms with Crippen molar-refractivity contribution in [2.45, 2.75) is 20.3 Å². The van der Waals surface area contributed by atoms with Crippen LogP contribution in [0.15, 0.2) is 78.9 Å². The molecule has 3 aromatic rings. The van der Waals surface area contributed by atoms with E-state index in [4.69, 9.17) is 4.74 Å². The van der Waals surface area contributed by atoms with Gasteiger partial charge in [0.2, 0.25) is 11.8 Å². The molecule has 166 valence electrons. The largest absolute Gasteiger partial charge is 0.493 e. The summed E-state index contributed by atoms with van der Waals surface area (Å²) in [4.78, 5) is 24.1. The summed E-state index contributed by atoms with van der Waals surface area (Å²) >= 11 is 0. The van der Waals surface area contributed by atoms with Crippen molar-refractivity contribution >= 4 is 28.9 Å². The molecule has 32 heavy (non-hydrogen) atoms. The topological polar surface area (TPSA) is 79.5 Å². The van der Waals surface area contributed by atoms with E-state index >= 15 is 0 Å². The Kier molecular flexibility index (Phi) is 8.26. The minimum Gasteiger partial charge on any atom is -0.493 e. The molecule has 0 saturated heterocycles. The number of rotatable bonds is 10. The van der Waals surface area contributed by atoms with Gasteiger partial charge in [-0.3, -0.25) is 9.59 Å². The minimum absolute atomic E-state index is 0.0311. The van der Waals surface area contributed by atoms with Crippen LogP contribution in [0.2, 0.25) is 0 Å². The molecule has 0 heterocycles. The summed E-state index contributed by atoms with van der Waals surface area (Å²) in [5, 5.41) is 8.79. The number of benzene rings is 3. The van der Waals surface area contributed by atoms with Crippen LogP contribution in [0.3, 0.4) is 0 Å². The highest BCUT2D eigenvalue weighted by Crippen LogP contribution is 2.18. The first-order chi connectivity index (χ1) is 15.5. The highest BCUT2D eigenvalue weighted by atomic mass is 16.5. The van der Waals surface area contributed by atoms with Gasteiger partial charge in [0.05, 0.1) is 13.2 Å². The second-order valence-corrected chi connectivity index (χ2v) is 7.73. The molecule has 0 atom stereocenters. The Labute approximate surface area is 189 Å². The average Bonchev–Trinajstić information content (AvgIpc) is 2.79. The molecule has 0 radical (unpaired) electrons. The third-order valence-electron chi connectivity index (χ3n) is 4.75. The molecule has 0 saturated carbocycles. The number of carbonyl (C=O) groups is 2. The second kappa shape index (κ2) is 11.6. The monoisotopic (exact) mass is 431 g/mol. The van der Waals surface area contributed by atoms with Crippen molar-refractivity contribution in [1.29, 1.82) is 0 Å². The number of hydrogen-bond acceptors (Lipinski definition) is 4. The summed E-state index contributed by atoms with van der Waals surface area (Å²) in [6, 6.07) is 24.8. The second-order valence-electron chi connectivity index (χ2n) is 7.73. The van der Waals surface area contributed by atoms with Crippen molar-refractivity contribution in [1.82, 2.24) is 0 Å². The number of ether oxygens (including phenoxy) is 1. The first-order valence-corrected chi connectivity index (χ1v) is 10.7. The predicted octanol–water partition coefficient (Wildman–Crippen LogP) is 4.95.